The number of fused-ring (bicyclic) bond motifs is 1. The van der Waals surface area contributed by atoms with Crippen molar-refractivity contribution in [2.24, 2.45) is 0 Å². The summed E-state index contributed by atoms with van der Waals surface area (Å²) in [7, 11) is 0. The van der Waals surface area contributed by atoms with Crippen molar-refractivity contribution in [2.45, 2.75) is 38.0 Å². The number of aromatic nitrogens is 1. The van der Waals surface area contributed by atoms with Gasteiger partial charge in [-0.25, -0.2) is 4.98 Å². The molecule has 1 unspecified atom stereocenters. The van der Waals surface area contributed by atoms with Gasteiger partial charge in [-0.1, -0.05) is 12.7 Å². The lowest BCUT2D eigenvalue weighted by atomic mass is 10.0. The Hall–Kier alpha value is -1.04. The molecular formula is C14H20N2O2S. The second-order valence-electron chi connectivity index (χ2n) is 5.56. The first kappa shape index (κ1) is 14.4. The average molecular weight is 280 g/mol. The first-order chi connectivity index (χ1) is 8.91. The van der Waals surface area contributed by atoms with E-state index in [0.717, 1.165) is 17.5 Å². The fraction of sp³-hybridized carbons (Fsp3) is 0.500. The Bertz CT molecular complexity index is 471. The van der Waals surface area contributed by atoms with Gasteiger partial charge in [0.05, 0.1) is 12.6 Å². The van der Waals surface area contributed by atoms with Gasteiger partial charge < -0.3 is 9.29 Å². The molecule has 4 nitrogen and oxygen atoms in total. The van der Waals surface area contributed by atoms with Crippen molar-refractivity contribution in [2.75, 3.05) is 6.61 Å². The number of rotatable bonds is 3. The molecule has 1 aromatic rings. The molecule has 0 saturated heterocycles. The van der Waals surface area contributed by atoms with Gasteiger partial charge in [-0.15, -0.1) is 4.72 Å². The van der Waals surface area contributed by atoms with E-state index in [4.69, 9.17) is 4.74 Å². The van der Waals surface area contributed by atoms with Gasteiger partial charge in [-0.3, -0.25) is 0 Å². The van der Waals surface area contributed by atoms with Crippen LogP contribution in [0.4, 0.5) is 0 Å². The Balaban J connectivity index is 2.23. The maximum absolute atomic E-state index is 12.2. The zero-order valence-corrected chi connectivity index (χ0v) is 12.4. The largest absolute Gasteiger partial charge is 0.598 e. The van der Waals surface area contributed by atoms with Crippen molar-refractivity contribution in [3.63, 3.8) is 0 Å². The molecule has 0 saturated carbocycles. The minimum Gasteiger partial charge on any atom is -0.598 e. The third-order valence-corrected chi connectivity index (χ3v) is 4.57. The van der Waals surface area contributed by atoms with E-state index in [0.29, 0.717) is 12.5 Å². The third kappa shape index (κ3) is 3.29. The second kappa shape index (κ2) is 5.53. The smallest absolute Gasteiger partial charge is 0.218 e. The van der Waals surface area contributed by atoms with Crippen molar-refractivity contribution >= 4 is 17.4 Å². The topological polar surface area (TPSA) is 57.2 Å². The predicted octanol–water partition coefficient (Wildman–Crippen LogP) is 2.60. The first-order valence-corrected chi connectivity index (χ1v) is 7.50. The van der Waals surface area contributed by atoms with Crippen LogP contribution in [-0.2, 0) is 11.4 Å². The SMILES string of the molecule is C=Cc1cnc2c(c1)C(N[S@+]([O-])C(C)(C)C)CCO2. The van der Waals surface area contributed by atoms with Gasteiger partial charge in [0.1, 0.15) is 4.75 Å². The maximum atomic E-state index is 12.2. The molecule has 104 valence electrons. The highest BCUT2D eigenvalue weighted by Gasteiger charge is 2.32. The maximum Gasteiger partial charge on any atom is 0.218 e. The van der Waals surface area contributed by atoms with Crippen molar-refractivity contribution in [1.82, 2.24) is 9.71 Å². The van der Waals surface area contributed by atoms with Crippen LogP contribution in [0.1, 0.15) is 44.4 Å². The zero-order valence-electron chi connectivity index (χ0n) is 11.6. The van der Waals surface area contributed by atoms with Crippen LogP contribution < -0.4 is 9.46 Å². The van der Waals surface area contributed by atoms with Crippen LogP contribution in [0.15, 0.2) is 18.8 Å². The summed E-state index contributed by atoms with van der Waals surface area (Å²) in [5.74, 6) is 0.625. The Morgan fingerprint density at radius 1 is 1.58 bits per heavy atom. The van der Waals surface area contributed by atoms with Gasteiger partial charge in [0.15, 0.2) is 0 Å². The molecule has 0 spiro atoms. The van der Waals surface area contributed by atoms with E-state index in [1.54, 1.807) is 12.3 Å². The molecule has 0 amide bonds. The molecule has 1 aliphatic rings. The lowest BCUT2D eigenvalue weighted by Crippen LogP contribution is -2.42. The van der Waals surface area contributed by atoms with E-state index in [9.17, 15) is 4.55 Å². The molecule has 2 rings (SSSR count). The van der Waals surface area contributed by atoms with Crippen LogP contribution in [0.3, 0.4) is 0 Å². The van der Waals surface area contributed by atoms with Crippen LogP contribution in [0.2, 0.25) is 0 Å². The molecule has 0 aliphatic carbocycles. The molecule has 19 heavy (non-hydrogen) atoms. The molecule has 2 atom stereocenters. The zero-order chi connectivity index (χ0) is 14.0. The van der Waals surface area contributed by atoms with E-state index < -0.39 is 11.4 Å². The summed E-state index contributed by atoms with van der Waals surface area (Å²) in [6.45, 7) is 10.2. The molecular weight excluding hydrogens is 260 g/mol. The number of ether oxygens (including phenoxy) is 1. The number of hydrogen-bond acceptors (Lipinski definition) is 4. The number of nitrogens with one attached hydrogen (secondary N) is 1. The van der Waals surface area contributed by atoms with E-state index in [1.165, 1.54) is 0 Å². The van der Waals surface area contributed by atoms with Gasteiger partial charge in [0.2, 0.25) is 5.88 Å². The van der Waals surface area contributed by atoms with Crippen molar-refractivity contribution in [3.8, 4) is 5.88 Å². The van der Waals surface area contributed by atoms with E-state index in [-0.39, 0.29) is 10.8 Å². The Labute approximate surface area is 117 Å². The van der Waals surface area contributed by atoms with Gasteiger partial charge in [0, 0.05) is 29.5 Å². The lowest BCUT2D eigenvalue weighted by molar-refractivity contribution is 0.251. The van der Waals surface area contributed by atoms with Gasteiger partial charge in [-0.2, -0.15) is 0 Å². The molecule has 0 radical (unpaired) electrons. The summed E-state index contributed by atoms with van der Waals surface area (Å²) in [6.07, 6.45) is 4.27. The minimum atomic E-state index is -1.11. The standard InChI is InChI=1S/C14H20N2O2S/c1-5-10-8-11-12(16-19(17)14(2,3)4)6-7-18-13(11)15-9-10/h5,8-9,12,16H,1,6-7H2,2-4H3/t12?,19-/m1/s1. The monoisotopic (exact) mass is 280 g/mol. The van der Waals surface area contributed by atoms with Crippen LogP contribution in [0, 0.1) is 0 Å². The highest BCUT2D eigenvalue weighted by Crippen LogP contribution is 2.32. The fourth-order valence-electron chi connectivity index (χ4n) is 1.83. The first-order valence-electron chi connectivity index (χ1n) is 6.35. The third-order valence-electron chi connectivity index (χ3n) is 2.96. The molecule has 1 aromatic heterocycles. The fourth-order valence-corrected chi connectivity index (χ4v) is 2.68. The summed E-state index contributed by atoms with van der Waals surface area (Å²) < 4.78 is 20.6. The van der Waals surface area contributed by atoms with Crippen LogP contribution in [-0.4, -0.2) is 20.9 Å². The highest BCUT2D eigenvalue weighted by molar-refractivity contribution is 7.90. The van der Waals surface area contributed by atoms with Crippen molar-refractivity contribution in [1.29, 1.82) is 0 Å². The summed E-state index contributed by atoms with van der Waals surface area (Å²) in [5.41, 5.74) is 1.90. The lowest BCUT2D eigenvalue weighted by Gasteiger charge is -2.30. The van der Waals surface area contributed by atoms with Crippen LogP contribution in [0.25, 0.3) is 6.08 Å². The number of hydrogen-bond donors (Lipinski definition) is 1. The summed E-state index contributed by atoms with van der Waals surface area (Å²) >= 11 is -1.11. The van der Waals surface area contributed by atoms with E-state index >= 15 is 0 Å². The molecule has 1 N–H and O–H groups in total. The molecule has 5 heteroatoms. The van der Waals surface area contributed by atoms with E-state index in [1.807, 2.05) is 26.8 Å². The Kier molecular flexibility index (Phi) is 4.18. The van der Waals surface area contributed by atoms with E-state index in [2.05, 4.69) is 16.3 Å². The Morgan fingerprint density at radius 2 is 2.32 bits per heavy atom. The summed E-state index contributed by atoms with van der Waals surface area (Å²) in [5, 5.41) is 0. The normalized spacial score (nSPS) is 20.3. The molecule has 2 heterocycles. The number of nitrogens with zero attached hydrogens (tertiary/aromatic N) is 1. The molecule has 0 bridgehead atoms. The van der Waals surface area contributed by atoms with Crippen LogP contribution in [0.5, 0.6) is 5.88 Å². The molecule has 1 aliphatic heterocycles. The minimum absolute atomic E-state index is 0.0104. The summed E-state index contributed by atoms with van der Waals surface area (Å²) in [6, 6.07) is 2.00. The quantitative estimate of drug-likeness (QED) is 0.865. The molecule has 0 aromatic carbocycles. The van der Waals surface area contributed by atoms with Crippen molar-refractivity contribution < 1.29 is 9.29 Å². The predicted molar refractivity (Wildman–Crippen MR) is 78.2 cm³/mol. The van der Waals surface area contributed by atoms with Gasteiger partial charge >= 0.3 is 0 Å². The van der Waals surface area contributed by atoms with Crippen molar-refractivity contribution in [3.05, 3.63) is 30.0 Å². The summed E-state index contributed by atoms with van der Waals surface area (Å²) in [4.78, 5) is 4.28. The Morgan fingerprint density at radius 3 is 2.95 bits per heavy atom. The van der Waals surface area contributed by atoms with Gasteiger partial charge in [-0.05, 0) is 32.4 Å². The highest BCUT2D eigenvalue weighted by atomic mass is 32.2. The second-order valence-corrected chi connectivity index (χ2v) is 7.55. The van der Waals surface area contributed by atoms with Gasteiger partial charge in [0.25, 0.3) is 0 Å². The van der Waals surface area contributed by atoms with Crippen LogP contribution >= 0.6 is 0 Å². The average Bonchev–Trinajstić information content (AvgIpc) is 2.37. The number of pyridine rings is 1. The molecule has 0 fully saturated rings.